The maximum Gasteiger partial charge on any atom is 0.273 e. The molecule has 0 spiro atoms. The van der Waals surface area contributed by atoms with Gasteiger partial charge in [0.25, 0.3) is 17.7 Å². The Kier molecular flexibility index (Phi) is 7.41. The summed E-state index contributed by atoms with van der Waals surface area (Å²) in [5, 5.41) is 2.65. The van der Waals surface area contributed by atoms with Crippen molar-refractivity contribution >= 4 is 40.6 Å². The molecule has 33 heavy (non-hydrogen) atoms. The average molecular weight is 476 g/mol. The molecule has 3 aromatic rings. The van der Waals surface area contributed by atoms with Crippen molar-refractivity contribution in [3.8, 4) is 0 Å². The number of anilines is 2. The molecule has 2 heterocycles. The standard InChI is InChI=1S/C21H22FN5O5S/c1-11-7-8-14(32-11)17(20(29)25-9-10-31-2)27(13-6-4-3-5-12(13)22)21(30)18-15(23)16(19(24)28)26-33-18/h3-8,17H,9-10,23H2,1-2H3,(H2,24,28)(H,25,29). The van der Waals surface area contributed by atoms with Crippen LogP contribution in [0.3, 0.4) is 0 Å². The van der Waals surface area contributed by atoms with Gasteiger partial charge in [-0.05, 0) is 42.7 Å². The number of hydrogen-bond donors (Lipinski definition) is 3. The number of nitrogens with zero attached hydrogens (tertiary/aromatic N) is 2. The monoisotopic (exact) mass is 475 g/mol. The van der Waals surface area contributed by atoms with E-state index >= 15 is 0 Å². The highest BCUT2D eigenvalue weighted by molar-refractivity contribution is 7.09. The van der Waals surface area contributed by atoms with E-state index in [2.05, 4.69) is 9.69 Å². The van der Waals surface area contributed by atoms with E-state index < -0.39 is 29.6 Å². The van der Waals surface area contributed by atoms with E-state index in [0.717, 1.165) is 11.0 Å². The smallest absolute Gasteiger partial charge is 0.273 e. The molecule has 12 heteroatoms. The van der Waals surface area contributed by atoms with Gasteiger partial charge in [0.1, 0.15) is 22.2 Å². The van der Waals surface area contributed by atoms with Crippen LogP contribution < -0.4 is 21.7 Å². The SMILES string of the molecule is COCCNC(=O)C(c1ccc(C)o1)N(C(=O)c1snc(C(N)=O)c1N)c1ccccc1F. The van der Waals surface area contributed by atoms with Crippen LogP contribution in [0.1, 0.15) is 37.7 Å². The van der Waals surface area contributed by atoms with Crippen LogP contribution in [0.5, 0.6) is 0 Å². The van der Waals surface area contributed by atoms with Gasteiger partial charge < -0.3 is 25.9 Å². The molecule has 0 aliphatic carbocycles. The third kappa shape index (κ3) is 5.02. The first-order chi connectivity index (χ1) is 15.8. The average Bonchev–Trinajstić information content (AvgIpc) is 3.37. The van der Waals surface area contributed by atoms with Gasteiger partial charge in [0.05, 0.1) is 18.0 Å². The zero-order valence-electron chi connectivity index (χ0n) is 17.8. The van der Waals surface area contributed by atoms with Gasteiger partial charge in [-0.1, -0.05) is 12.1 Å². The van der Waals surface area contributed by atoms with Crippen molar-refractivity contribution in [1.29, 1.82) is 0 Å². The molecule has 0 saturated heterocycles. The van der Waals surface area contributed by atoms with Gasteiger partial charge in [-0.15, -0.1) is 0 Å². The molecule has 0 aliphatic rings. The number of methoxy groups -OCH3 is 1. The van der Waals surface area contributed by atoms with Crippen molar-refractivity contribution in [1.82, 2.24) is 9.69 Å². The Hall–Kier alpha value is -3.77. The lowest BCUT2D eigenvalue weighted by Gasteiger charge is -2.29. The number of carbonyl (C=O) groups excluding carboxylic acids is 3. The van der Waals surface area contributed by atoms with E-state index in [-0.39, 0.29) is 40.9 Å². The van der Waals surface area contributed by atoms with E-state index in [0.29, 0.717) is 17.3 Å². The second kappa shape index (κ2) is 10.2. The minimum atomic E-state index is -1.40. The molecule has 3 rings (SSSR count). The largest absolute Gasteiger partial charge is 0.464 e. The number of hydrogen-bond acceptors (Lipinski definition) is 8. The zero-order valence-corrected chi connectivity index (χ0v) is 18.6. The zero-order chi connectivity index (χ0) is 24.1. The molecule has 0 fully saturated rings. The summed E-state index contributed by atoms with van der Waals surface area (Å²) in [7, 11) is 1.47. The molecule has 0 bridgehead atoms. The Balaban J connectivity index is 2.17. The molecule has 0 radical (unpaired) electrons. The summed E-state index contributed by atoms with van der Waals surface area (Å²) in [6.45, 7) is 2.02. The van der Waals surface area contributed by atoms with Gasteiger partial charge >= 0.3 is 0 Å². The Morgan fingerprint density at radius 1 is 1.27 bits per heavy atom. The number of nitrogens with one attached hydrogen (secondary N) is 1. The van der Waals surface area contributed by atoms with Gasteiger partial charge in [0.15, 0.2) is 11.7 Å². The number of furan rings is 1. The number of ether oxygens (including phenoxy) is 1. The van der Waals surface area contributed by atoms with Gasteiger partial charge in [-0.25, -0.2) is 4.39 Å². The highest BCUT2D eigenvalue weighted by Gasteiger charge is 2.38. The number of nitrogen functional groups attached to an aromatic ring is 1. The number of halogens is 1. The Morgan fingerprint density at radius 3 is 2.58 bits per heavy atom. The molecule has 0 aliphatic heterocycles. The molecule has 1 aromatic carbocycles. The van der Waals surface area contributed by atoms with Crippen molar-refractivity contribution in [3.05, 3.63) is 64.3 Å². The van der Waals surface area contributed by atoms with Crippen LogP contribution in [0.2, 0.25) is 0 Å². The molecule has 3 amide bonds. The maximum absolute atomic E-state index is 14.9. The molecule has 10 nitrogen and oxygen atoms in total. The number of nitrogens with two attached hydrogens (primary N) is 2. The fourth-order valence-electron chi connectivity index (χ4n) is 3.10. The minimum Gasteiger partial charge on any atom is -0.464 e. The summed E-state index contributed by atoms with van der Waals surface area (Å²) in [4.78, 5) is 39.2. The molecule has 0 saturated carbocycles. The lowest BCUT2D eigenvalue weighted by molar-refractivity contribution is -0.123. The van der Waals surface area contributed by atoms with Crippen LogP contribution in [0.15, 0.2) is 40.8 Å². The molecule has 174 valence electrons. The topological polar surface area (TPSA) is 154 Å². The fraction of sp³-hybridized carbons (Fsp3) is 0.238. The van der Waals surface area contributed by atoms with E-state index in [4.69, 9.17) is 20.6 Å². The van der Waals surface area contributed by atoms with Gasteiger partial charge in [0.2, 0.25) is 0 Å². The summed E-state index contributed by atoms with van der Waals surface area (Å²) >= 11 is 0.621. The second-order valence-corrected chi connectivity index (χ2v) is 7.67. The lowest BCUT2D eigenvalue weighted by Crippen LogP contribution is -2.45. The van der Waals surface area contributed by atoms with Gasteiger partial charge in [0, 0.05) is 13.7 Å². The number of carbonyl (C=O) groups is 3. The Morgan fingerprint density at radius 2 is 2.00 bits per heavy atom. The van der Waals surface area contributed by atoms with E-state index in [1.807, 2.05) is 0 Å². The molecular weight excluding hydrogens is 453 g/mol. The number of aryl methyl sites for hydroxylation is 1. The third-order valence-corrected chi connectivity index (χ3v) is 5.48. The van der Waals surface area contributed by atoms with E-state index in [9.17, 15) is 18.8 Å². The predicted octanol–water partition coefficient (Wildman–Crippen LogP) is 2.02. The molecule has 5 N–H and O–H groups in total. The van der Waals surface area contributed by atoms with Crippen LogP contribution in [0, 0.1) is 12.7 Å². The molecule has 2 aromatic heterocycles. The summed E-state index contributed by atoms with van der Waals surface area (Å²) in [6, 6.07) is 7.16. The predicted molar refractivity (Wildman–Crippen MR) is 119 cm³/mol. The van der Waals surface area contributed by atoms with Crippen molar-refractivity contribution < 1.29 is 27.9 Å². The summed E-state index contributed by atoms with van der Waals surface area (Å²) in [5.41, 5.74) is 10.5. The highest BCUT2D eigenvalue weighted by Crippen LogP contribution is 2.34. The first-order valence-corrected chi connectivity index (χ1v) is 10.5. The van der Waals surface area contributed by atoms with Crippen LogP contribution in [-0.2, 0) is 9.53 Å². The first-order valence-electron chi connectivity index (χ1n) is 9.72. The van der Waals surface area contributed by atoms with E-state index in [1.54, 1.807) is 13.0 Å². The van der Waals surface area contributed by atoms with Crippen LogP contribution in [0.4, 0.5) is 15.8 Å². The quantitative estimate of drug-likeness (QED) is 0.400. The van der Waals surface area contributed by atoms with Crippen molar-refractivity contribution in [2.24, 2.45) is 5.73 Å². The first kappa shape index (κ1) is 23.9. The van der Waals surface area contributed by atoms with Crippen LogP contribution in [-0.4, -0.2) is 42.4 Å². The fourth-order valence-corrected chi connectivity index (χ4v) is 3.84. The van der Waals surface area contributed by atoms with Crippen LogP contribution in [0.25, 0.3) is 0 Å². The third-order valence-electron chi connectivity index (χ3n) is 4.63. The Labute approximate surface area is 192 Å². The number of primary amides is 1. The van der Waals surface area contributed by atoms with Crippen molar-refractivity contribution in [2.45, 2.75) is 13.0 Å². The molecular formula is C21H22FN5O5S. The number of rotatable bonds is 9. The highest BCUT2D eigenvalue weighted by atomic mass is 32.1. The molecule has 1 atom stereocenters. The summed E-state index contributed by atoms with van der Waals surface area (Å²) in [6.07, 6.45) is 0. The van der Waals surface area contributed by atoms with Crippen molar-refractivity contribution in [2.75, 3.05) is 30.9 Å². The normalized spacial score (nSPS) is 11.7. The minimum absolute atomic E-state index is 0.0947. The number of aromatic nitrogens is 1. The van der Waals surface area contributed by atoms with Gasteiger partial charge in [-0.3, -0.25) is 19.3 Å². The number of para-hydroxylation sites is 1. The van der Waals surface area contributed by atoms with Gasteiger partial charge in [-0.2, -0.15) is 4.37 Å². The summed E-state index contributed by atoms with van der Waals surface area (Å²) in [5.74, 6) is -2.61. The lowest BCUT2D eigenvalue weighted by atomic mass is 10.1. The van der Waals surface area contributed by atoms with E-state index in [1.165, 1.54) is 31.4 Å². The van der Waals surface area contributed by atoms with Crippen molar-refractivity contribution in [3.63, 3.8) is 0 Å². The maximum atomic E-state index is 14.9. The Bertz CT molecular complexity index is 1180. The number of benzene rings is 1. The second-order valence-electron chi connectivity index (χ2n) is 6.90. The summed E-state index contributed by atoms with van der Waals surface area (Å²) < 4.78 is 29.4. The number of amides is 3. The van der Waals surface area contributed by atoms with Crippen LogP contribution >= 0.6 is 11.5 Å². The molecule has 1 unspecified atom stereocenters.